The molecule has 208 valence electrons. The molecule has 0 spiro atoms. The SMILES string of the molecule is Cc1cc(-c2ccccc2)cc(C)c1N(c1cn2cc(F)c3ccccc3c2n1)c1cn2cc(F)c3ccccc3c2n1. The van der Waals surface area contributed by atoms with E-state index in [-0.39, 0.29) is 11.6 Å². The van der Waals surface area contributed by atoms with Crippen molar-refractivity contribution >= 4 is 50.2 Å². The number of aromatic nitrogens is 4. The predicted octanol–water partition coefficient (Wildman–Crippen LogP) is 9.32. The van der Waals surface area contributed by atoms with E-state index in [0.717, 1.165) is 27.9 Å². The molecule has 0 bridgehead atoms. The minimum atomic E-state index is -0.326. The first-order chi connectivity index (χ1) is 21.0. The third-order valence-electron chi connectivity index (χ3n) is 8.07. The normalized spacial score (nSPS) is 11.7. The maximum Gasteiger partial charge on any atom is 0.158 e. The van der Waals surface area contributed by atoms with Gasteiger partial charge in [-0.1, -0.05) is 78.9 Å². The molecule has 0 saturated carbocycles. The summed E-state index contributed by atoms with van der Waals surface area (Å²) in [4.78, 5) is 12.1. The van der Waals surface area contributed by atoms with Crippen LogP contribution in [0.1, 0.15) is 11.1 Å². The van der Waals surface area contributed by atoms with Crippen LogP contribution < -0.4 is 4.90 Å². The lowest BCUT2D eigenvalue weighted by molar-refractivity contribution is 0.631. The molecule has 0 atom stereocenters. The third kappa shape index (κ3) is 3.96. The minimum absolute atomic E-state index is 0.326. The molecule has 5 nitrogen and oxygen atoms in total. The number of nitrogens with zero attached hydrogens (tertiary/aromatic N) is 5. The summed E-state index contributed by atoms with van der Waals surface area (Å²) in [5.74, 6) is 0.492. The van der Waals surface area contributed by atoms with Crippen LogP contribution in [0.2, 0.25) is 0 Å². The molecule has 0 N–H and O–H groups in total. The summed E-state index contributed by atoms with van der Waals surface area (Å²) in [6, 6.07) is 29.2. The van der Waals surface area contributed by atoms with E-state index in [1.165, 1.54) is 12.4 Å². The standard InChI is InChI=1S/C36H25F2N5/c1-22-16-25(24-10-4-3-5-11-24)17-23(2)34(22)43(32-20-41-18-30(37)26-12-6-8-14-28(26)35(41)39-32)33-21-42-19-31(38)27-13-7-9-15-29(27)36(42)40-33/h3-21H,1-2H3. The van der Waals surface area contributed by atoms with Crippen LogP contribution in [0.3, 0.4) is 0 Å². The summed E-state index contributed by atoms with van der Waals surface area (Å²) in [5, 5.41) is 2.44. The number of fused-ring (bicyclic) bond motifs is 6. The second-order valence-electron chi connectivity index (χ2n) is 10.9. The number of aryl methyl sites for hydroxylation is 2. The molecule has 7 heteroatoms. The van der Waals surface area contributed by atoms with Gasteiger partial charge in [0, 0.05) is 33.9 Å². The minimum Gasteiger partial charge on any atom is -0.301 e. The second kappa shape index (κ2) is 9.49. The van der Waals surface area contributed by atoms with Crippen LogP contribution in [0.15, 0.2) is 116 Å². The molecule has 0 radical (unpaired) electrons. The van der Waals surface area contributed by atoms with Crippen molar-refractivity contribution in [2.45, 2.75) is 13.8 Å². The van der Waals surface area contributed by atoms with E-state index in [9.17, 15) is 0 Å². The van der Waals surface area contributed by atoms with Crippen molar-refractivity contribution < 1.29 is 8.78 Å². The molecule has 43 heavy (non-hydrogen) atoms. The summed E-state index contributed by atoms with van der Waals surface area (Å²) in [6.07, 6.45) is 6.54. The number of halogens is 2. The van der Waals surface area contributed by atoms with Crippen molar-refractivity contribution in [3.63, 3.8) is 0 Å². The molecule has 0 saturated heterocycles. The number of hydrogen-bond acceptors (Lipinski definition) is 3. The Morgan fingerprint density at radius 3 is 1.47 bits per heavy atom. The Labute approximate surface area is 245 Å². The Kier molecular flexibility index (Phi) is 5.56. The summed E-state index contributed by atoms with van der Waals surface area (Å²) < 4.78 is 33.7. The number of imidazole rings is 2. The summed E-state index contributed by atoms with van der Waals surface area (Å²) >= 11 is 0. The summed E-state index contributed by atoms with van der Waals surface area (Å²) in [6.45, 7) is 4.13. The Morgan fingerprint density at radius 1 is 0.535 bits per heavy atom. The van der Waals surface area contributed by atoms with Crippen molar-refractivity contribution in [1.82, 2.24) is 18.8 Å². The molecule has 4 aromatic heterocycles. The van der Waals surface area contributed by atoms with Gasteiger partial charge >= 0.3 is 0 Å². The van der Waals surface area contributed by atoms with Gasteiger partial charge in [-0.05, 0) is 48.2 Å². The Balaban J connectivity index is 1.40. The first-order valence-corrected chi connectivity index (χ1v) is 14.0. The highest BCUT2D eigenvalue weighted by Crippen LogP contribution is 2.41. The summed E-state index contributed by atoms with van der Waals surface area (Å²) in [7, 11) is 0. The van der Waals surface area contributed by atoms with Crippen molar-refractivity contribution in [2.24, 2.45) is 0 Å². The van der Waals surface area contributed by atoms with E-state index in [4.69, 9.17) is 9.97 Å². The van der Waals surface area contributed by atoms with E-state index in [0.29, 0.717) is 44.5 Å². The Morgan fingerprint density at radius 2 is 0.977 bits per heavy atom. The molecule has 0 aliphatic heterocycles. The van der Waals surface area contributed by atoms with Crippen LogP contribution in [-0.4, -0.2) is 18.8 Å². The largest absolute Gasteiger partial charge is 0.301 e. The molecular weight excluding hydrogens is 540 g/mol. The van der Waals surface area contributed by atoms with Gasteiger partial charge in [-0.2, -0.15) is 0 Å². The highest BCUT2D eigenvalue weighted by Gasteiger charge is 2.24. The number of benzene rings is 4. The zero-order chi connectivity index (χ0) is 29.2. The number of hydrogen-bond donors (Lipinski definition) is 0. The topological polar surface area (TPSA) is 37.8 Å². The lowest BCUT2D eigenvalue weighted by Gasteiger charge is -2.25. The van der Waals surface area contributed by atoms with Crippen molar-refractivity contribution in [1.29, 1.82) is 0 Å². The number of pyridine rings is 2. The van der Waals surface area contributed by atoms with Gasteiger partial charge in [0.15, 0.2) is 11.6 Å². The fourth-order valence-electron chi connectivity index (χ4n) is 6.18. The van der Waals surface area contributed by atoms with Crippen LogP contribution in [0.4, 0.5) is 26.1 Å². The van der Waals surface area contributed by atoms with E-state index in [2.05, 4.69) is 38.1 Å². The smallest absolute Gasteiger partial charge is 0.158 e. The number of rotatable bonds is 4. The molecule has 4 aromatic carbocycles. The molecule has 0 aliphatic rings. The predicted molar refractivity (Wildman–Crippen MR) is 168 cm³/mol. The van der Waals surface area contributed by atoms with Gasteiger partial charge in [-0.3, -0.25) is 4.90 Å². The van der Waals surface area contributed by atoms with E-state index in [1.54, 1.807) is 20.9 Å². The van der Waals surface area contributed by atoms with Crippen molar-refractivity contribution in [3.05, 3.63) is 139 Å². The maximum absolute atomic E-state index is 15.1. The average Bonchev–Trinajstić information content (AvgIpc) is 3.64. The molecule has 0 amide bonds. The van der Waals surface area contributed by atoms with E-state index >= 15 is 8.78 Å². The van der Waals surface area contributed by atoms with Crippen molar-refractivity contribution in [2.75, 3.05) is 4.90 Å². The quantitative estimate of drug-likeness (QED) is 0.213. The maximum atomic E-state index is 15.1. The molecule has 0 unspecified atom stereocenters. The molecule has 8 aromatic rings. The van der Waals surface area contributed by atoms with Gasteiger partial charge in [-0.25, -0.2) is 18.7 Å². The van der Waals surface area contributed by atoms with Crippen LogP contribution in [0.5, 0.6) is 0 Å². The van der Waals surface area contributed by atoms with E-state index < -0.39 is 0 Å². The lowest BCUT2D eigenvalue weighted by Crippen LogP contribution is -2.14. The second-order valence-corrected chi connectivity index (χ2v) is 10.9. The highest BCUT2D eigenvalue weighted by molar-refractivity contribution is 5.97. The molecule has 4 heterocycles. The fraction of sp³-hybridized carbons (Fsp3) is 0.0556. The molecule has 0 aliphatic carbocycles. The Hall–Kier alpha value is -5.56. The fourth-order valence-corrected chi connectivity index (χ4v) is 6.18. The van der Waals surface area contributed by atoms with Gasteiger partial charge in [-0.15, -0.1) is 0 Å². The lowest BCUT2D eigenvalue weighted by atomic mass is 9.98. The van der Waals surface area contributed by atoms with Crippen LogP contribution in [0.25, 0.3) is 44.0 Å². The van der Waals surface area contributed by atoms with Crippen LogP contribution >= 0.6 is 0 Å². The van der Waals surface area contributed by atoms with Gasteiger partial charge in [0.05, 0.1) is 18.1 Å². The summed E-state index contributed by atoms with van der Waals surface area (Å²) in [5.41, 5.74) is 6.42. The zero-order valence-corrected chi connectivity index (χ0v) is 23.5. The third-order valence-corrected chi connectivity index (χ3v) is 8.07. The molecular formula is C36H25F2N5. The van der Waals surface area contributed by atoms with Gasteiger partial charge < -0.3 is 8.80 Å². The molecule has 8 rings (SSSR count). The van der Waals surface area contributed by atoms with Gasteiger partial charge in [0.1, 0.15) is 22.9 Å². The van der Waals surface area contributed by atoms with Gasteiger partial charge in [0.25, 0.3) is 0 Å². The highest BCUT2D eigenvalue weighted by atomic mass is 19.1. The molecule has 0 fully saturated rings. The van der Waals surface area contributed by atoms with E-state index in [1.807, 2.05) is 71.9 Å². The monoisotopic (exact) mass is 565 g/mol. The van der Waals surface area contributed by atoms with Crippen LogP contribution in [0, 0.1) is 25.5 Å². The number of anilines is 3. The first-order valence-electron chi connectivity index (χ1n) is 14.0. The average molecular weight is 566 g/mol. The van der Waals surface area contributed by atoms with Gasteiger partial charge in [0.2, 0.25) is 0 Å². The Bertz CT molecular complexity index is 2210. The van der Waals surface area contributed by atoms with Crippen LogP contribution in [-0.2, 0) is 0 Å². The van der Waals surface area contributed by atoms with Crippen molar-refractivity contribution in [3.8, 4) is 11.1 Å². The zero-order valence-electron chi connectivity index (χ0n) is 23.5. The first kappa shape index (κ1) is 25.2.